The molecule has 0 spiro atoms. The second kappa shape index (κ2) is 8.60. The average molecular weight is 350 g/mol. The van der Waals surface area contributed by atoms with Crippen LogP contribution < -0.4 is 5.32 Å². The molecule has 0 bridgehead atoms. The SMILES string of the molecule is COC(=O)c1cccc(NC(=O)CCSc2ccc(Cl)cc2)c1. The Hall–Kier alpha value is -1.98. The fourth-order valence-electron chi connectivity index (χ4n) is 1.86. The summed E-state index contributed by atoms with van der Waals surface area (Å²) in [6, 6.07) is 14.1. The summed E-state index contributed by atoms with van der Waals surface area (Å²) in [4.78, 5) is 24.5. The number of ether oxygens (including phenoxy) is 1. The maximum atomic E-state index is 11.9. The fourth-order valence-corrected chi connectivity index (χ4v) is 2.84. The maximum absolute atomic E-state index is 11.9. The van der Waals surface area contributed by atoms with Crippen LogP contribution >= 0.6 is 23.4 Å². The van der Waals surface area contributed by atoms with Gasteiger partial charge < -0.3 is 10.1 Å². The van der Waals surface area contributed by atoms with Crippen LogP contribution in [0.5, 0.6) is 0 Å². The number of amides is 1. The number of carbonyl (C=O) groups is 2. The Bertz CT molecular complexity index is 688. The zero-order chi connectivity index (χ0) is 16.7. The number of carbonyl (C=O) groups excluding carboxylic acids is 2. The number of anilines is 1. The number of thioether (sulfide) groups is 1. The summed E-state index contributed by atoms with van der Waals surface area (Å²) in [5, 5.41) is 3.47. The molecule has 1 N–H and O–H groups in total. The van der Waals surface area contributed by atoms with Crippen LogP contribution in [0.2, 0.25) is 5.02 Å². The molecule has 0 fully saturated rings. The predicted octanol–water partition coefficient (Wildman–Crippen LogP) is 4.25. The van der Waals surface area contributed by atoms with Gasteiger partial charge in [-0.15, -0.1) is 11.8 Å². The highest BCUT2D eigenvalue weighted by molar-refractivity contribution is 7.99. The molecule has 0 unspecified atom stereocenters. The van der Waals surface area contributed by atoms with E-state index in [0.717, 1.165) is 4.90 Å². The molecule has 4 nitrogen and oxygen atoms in total. The van der Waals surface area contributed by atoms with Crippen LogP contribution in [-0.4, -0.2) is 24.7 Å². The molecule has 1 amide bonds. The Morgan fingerprint density at radius 1 is 1.17 bits per heavy atom. The molecule has 0 aliphatic rings. The third-order valence-electron chi connectivity index (χ3n) is 2.98. The van der Waals surface area contributed by atoms with E-state index in [2.05, 4.69) is 10.1 Å². The molecule has 0 saturated carbocycles. The minimum atomic E-state index is -0.431. The summed E-state index contributed by atoms with van der Waals surface area (Å²) in [5.74, 6) is 0.123. The van der Waals surface area contributed by atoms with Gasteiger partial charge in [-0.1, -0.05) is 17.7 Å². The zero-order valence-corrected chi connectivity index (χ0v) is 14.1. The molecule has 2 aromatic carbocycles. The Morgan fingerprint density at radius 3 is 2.61 bits per heavy atom. The highest BCUT2D eigenvalue weighted by atomic mass is 35.5. The highest BCUT2D eigenvalue weighted by Gasteiger charge is 2.08. The first-order valence-corrected chi connectivity index (χ1v) is 8.31. The van der Waals surface area contributed by atoms with Crippen LogP contribution in [0.25, 0.3) is 0 Å². The summed E-state index contributed by atoms with van der Waals surface area (Å²) in [5.41, 5.74) is 0.982. The quantitative estimate of drug-likeness (QED) is 0.625. The van der Waals surface area contributed by atoms with Crippen LogP contribution in [0.15, 0.2) is 53.4 Å². The molecule has 0 aliphatic carbocycles. The Balaban J connectivity index is 1.82. The minimum Gasteiger partial charge on any atom is -0.465 e. The second-order valence-corrected chi connectivity index (χ2v) is 6.28. The molecule has 0 aromatic heterocycles. The largest absolute Gasteiger partial charge is 0.465 e. The molecule has 0 radical (unpaired) electrons. The van der Waals surface area contributed by atoms with Gasteiger partial charge in [0.1, 0.15) is 0 Å². The van der Waals surface area contributed by atoms with Gasteiger partial charge in [0, 0.05) is 27.8 Å². The average Bonchev–Trinajstić information content (AvgIpc) is 2.56. The second-order valence-electron chi connectivity index (χ2n) is 4.67. The van der Waals surface area contributed by atoms with Crippen molar-refractivity contribution in [1.29, 1.82) is 0 Å². The molecule has 2 rings (SSSR count). The topological polar surface area (TPSA) is 55.4 Å². The van der Waals surface area contributed by atoms with Crippen molar-refractivity contribution < 1.29 is 14.3 Å². The number of benzene rings is 2. The monoisotopic (exact) mass is 349 g/mol. The first-order valence-electron chi connectivity index (χ1n) is 6.95. The van der Waals surface area contributed by atoms with Gasteiger partial charge in [0.25, 0.3) is 0 Å². The standard InChI is InChI=1S/C17H16ClNO3S/c1-22-17(21)12-3-2-4-14(11-12)19-16(20)9-10-23-15-7-5-13(18)6-8-15/h2-8,11H,9-10H2,1H3,(H,19,20). The van der Waals surface area contributed by atoms with Crippen molar-refractivity contribution in [3.05, 3.63) is 59.1 Å². The fraction of sp³-hybridized carbons (Fsp3) is 0.176. The normalized spacial score (nSPS) is 10.2. The maximum Gasteiger partial charge on any atom is 0.337 e. The van der Waals surface area contributed by atoms with E-state index < -0.39 is 5.97 Å². The van der Waals surface area contributed by atoms with Crippen molar-refractivity contribution in [2.75, 3.05) is 18.2 Å². The summed E-state index contributed by atoms with van der Waals surface area (Å²) >= 11 is 7.41. The molecule has 0 aliphatic heterocycles. The number of esters is 1. The van der Waals surface area contributed by atoms with Crippen LogP contribution in [0, 0.1) is 0 Å². The van der Waals surface area contributed by atoms with Crippen LogP contribution in [-0.2, 0) is 9.53 Å². The summed E-state index contributed by atoms with van der Waals surface area (Å²) in [6.45, 7) is 0. The predicted molar refractivity (Wildman–Crippen MR) is 93.2 cm³/mol. The third-order valence-corrected chi connectivity index (χ3v) is 4.24. The Morgan fingerprint density at radius 2 is 1.91 bits per heavy atom. The molecular formula is C17H16ClNO3S. The summed E-state index contributed by atoms with van der Waals surface area (Å²) < 4.78 is 4.65. The highest BCUT2D eigenvalue weighted by Crippen LogP contribution is 2.21. The molecule has 23 heavy (non-hydrogen) atoms. The smallest absolute Gasteiger partial charge is 0.337 e. The van der Waals surface area contributed by atoms with Gasteiger partial charge in [-0.2, -0.15) is 0 Å². The Labute approximate surface area is 144 Å². The summed E-state index contributed by atoms with van der Waals surface area (Å²) in [7, 11) is 1.32. The van der Waals surface area contributed by atoms with E-state index in [1.807, 2.05) is 24.3 Å². The van der Waals surface area contributed by atoms with Crippen molar-refractivity contribution in [3.63, 3.8) is 0 Å². The molecule has 2 aromatic rings. The summed E-state index contributed by atoms with van der Waals surface area (Å²) in [6.07, 6.45) is 0.371. The van der Waals surface area contributed by atoms with Crippen molar-refractivity contribution >= 4 is 40.9 Å². The van der Waals surface area contributed by atoms with Gasteiger partial charge in [0.15, 0.2) is 0 Å². The van der Waals surface area contributed by atoms with Gasteiger partial charge in [0.2, 0.25) is 5.91 Å². The number of hydrogen-bond donors (Lipinski definition) is 1. The van der Waals surface area contributed by atoms with E-state index in [0.29, 0.717) is 28.4 Å². The molecular weight excluding hydrogens is 334 g/mol. The molecule has 0 saturated heterocycles. The van der Waals surface area contributed by atoms with Crippen molar-refractivity contribution in [2.45, 2.75) is 11.3 Å². The first kappa shape index (κ1) is 17.4. The Kier molecular flexibility index (Phi) is 6.50. The lowest BCUT2D eigenvalue weighted by Gasteiger charge is -2.07. The zero-order valence-electron chi connectivity index (χ0n) is 12.5. The first-order chi connectivity index (χ1) is 11.1. The van der Waals surface area contributed by atoms with Gasteiger partial charge in [-0.25, -0.2) is 4.79 Å². The van der Waals surface area contributed by atoms with Gasteiger partial charge >= 0.3 is 5.97 Å². The van der Waals surface area contributed by atoms with Gasteiger partial charge in [0.05, 0.1) is 12.7 Å². The van der Waals surface area contributed by atoms with E-state index in [1.165, 1.54) is 7.11 Å². The number of rotatable bonds is 6. The van der Waals surface area contributed by atoms with Gasteiger partial charge in [-0.3, -0.25) is 4.79 Å². The minimum absolute atomic E-state index is 0.103. The molecule has 120 valence electrons. The number of methoxy groups -OCH3 is 1. The van der Waals surface area contributed by atoms with E-state index in [4.69, 9.17) is 11.6 Å². The number of hydrogen-bond acceptors (Lipinski definition) is 4. The lowest BCUT2D eigenvalue weighted by Crippen LogP contribution is -2.12. The van der Waals surface area contributed by atoms with Crippen LogP contribution in [0.1, 0.15) is 16.8 Å². The van der Waals surface area contributed by atoms with Crippen molar-refractivity contribution in [2.24, 2.45) is 0 Å². The van der Waals surface area contributed by atoms with E-state index in [-0.39, 0.29) is 5.91 Å². The van der Waals surface area contributed by atoms with E-state index in [9.17, 15) is 9.59 Å². The van der Waals surface area contributed by atoms with Crippen LogP contribution in [0.3, 0.4) is 0 Å². The number of halogens is 1. The van der Waals surface area contributed by atoms with E-state index in [1.54, 1.807) is 36.0 Å². The number of nitrogens with one attached hydrogen (secondary N) is 1. The van der Waals surface area contributed by atoms with Crippen molar-refractivity contribution in [3.8, 4) is 0 Å². The lowest BCUT2D eigenvalue weighted by atomic mass is 10.2. The molecule has 0 atom stereocenters. The van der Waals surface area contributed by atoms with Crippen molar-refractivity contribution in [1.82, 2.24) is 0 Å². The third kappa shape index (κ3) is 5.62. The molecule has 0 heterocycles. The van der Waals surface area contributed by atoms with E-state index >= 15 is 0 Å². The van der Waals surface area contributed by atoms with Gasteiger partial charge in [-0.05, 0) is 42.5 Å². The van der Waals surface area contributed by atoms with Crippen LogP contribution in [0.4, 0.5) is 5.69 Å². The lowest BCUT2D eigenvalue weighted by molar-refractivity contribution is -0.115. The molecule has 6 heteroatoms.